The third-order valence-electron chi connectivity index (χ3n) is 7.58. The number of benzene rings is 3. The zero-order valence-corrected chi connectivity index (χ0v) is 25.8. The van der Waals surface area contributed by atoms with Crippen molar-refractivity contribution < 1.29 is 9.53 Å². The number of carbonyl (C=O) groups excluding carboxylic acids is 1. The zero-order valence-electron chi connectivity index (χ0n) is 24.1. The molecule has 0 saturated heterocycles. The minimum atomic E-state index is -0.639. The molecule has 2 aromatic heterocycles. The predicted octanol–water partition coefficient (Wildman–Crippen LogP) is 6.29. The van der Waals surface area contributed by atoms with Crippen LogP contribution in [-0.4, -0.2) is 28.4 Å². The van der Waals surface area contributed by atoms with E-state index in [2.05, 4.69) is 43.1 Å². The minimum Gasteiger partial charge on any atom is -0.463 e. The Labute approximate surface area is 252 Å². The van der Waals surface area contributed by atoms with E-state index in [4.69, 9.17) is 9.73 Å². The number of aromatic amines is 1. The van der Waals surface area contributed by atoms with Crippen molar-refractivity contribution in [3.8, 4) is 11.3 Å². The number of thioether (sulfide) groups is 1. The van der Waals surface area contributed by atoms with Crippen molar-refractivity contribution in [2.45, 2.75) is 38.6 Å². The molecule has 212 valence electrons. The number of aromatic nitrogens is 2. The van der Waals surface area contributed by atoms with Gasteiger partial charge in [0.05, 0.1) is 34.1 Å². The first-order valence-corrected chi connectivity index (χ1v) is 15.9. The van der Waals surface area contributed by atoms with Gasteiger partial charge in [-0.05, 0) is 74.9 Å². The number of rotatable bonds is 6. The molecular weight excluding hydrogens is 563 g/mol. The summed E-state index contributed by atoms with van der Waals surface area (Å²) in [4.78, 5) is 37.6. The number of aryl methyl sites for hydroxylation is 2. The fraction of sp³-hybridized carbons (Fsp3) is 0.206. The van der Waals surface area contributed by atoms with Crippen LogP contribution in [0.1, 0.15) is 42.1 Å². The lowest BCUT2D eigenvalue weighted by Gasteiger charge is -2.24. The molecule has 1 aliphatic rings. The lowest BCUT2D eigenvalue weighted by Crippen LogP contribution is -2.39. The van der Waals surface area contributed by atoms with E-state index in [1.165, 1.54) is 11.3 Å². The van der Waals surface area contributed by atoms with Gasteiger partial charge in [-0.25, -0.2) is 9.79 Å². The number of fused-ring (bicyclic) bond motifs is 2. The molecule has 6 rings (SSSR count). The van der Waals surface area contributed by atoms with Crippen LogP contribution >= 0.6 is 23.1 Å². The third-order valence-corrected chi connectivity index (χ3v) is 9.30. The molecule has 3 aromatic carbocycles. The monoisotopic (exact) mass is 593 g/mol. The van der Waals surface area contributed by atoms with Gasteiger partial charge in [-0.1, -0.05) is 65.4 Å². The van der Waals surface area contributed by atoms with Crippen LogP contribution in [0.5, 0.6) is 0 Å². The van der Waals surface area contributed by atoms with Gasteiger partial charge in [0.25, 0.3) is 5.56 Å². The molecule has 0 spiro atoms. The summed E-state index contributed by atoms with van der Waals surface area (Å²) < 4.78 is 7.65. The lowest BCUT2D eigenvalue weighted by atomic mass is 9.96. The largest absolute Gasteiger partial charge is 0.463 e. The second kappa shape index (κ2) is 11.3. The van der Waals surface area contributed by atoms with Crippen LogP contribution in [0.15, 0.2) is 92.7 Å². The van der Waals surface area contributed by atoms with E-state index < -0.39 is 12.0 Å². The number of hydrogen-bond donors (Lipinski definition) is 1. The highest BCUT2D eigenvalue weighted by molar-refractivity contribution is 7.98. The Morgan fingerprint density at radius 2 is 1.83 bits per heavy atom. The van der Waals surface area contributed by atoms with Crippen LogP contribution in [0, 0.1) is 13.8 Å². The summed E-state index contributed by atoms with van der Waals surface area (Å²) in [6, 6.07) is 21.8. The van der Waals surface area contributed by atoms with E-state index >= 15 is 0 Å². The molecule has 6 nitrogen and oxygen atoms in total. The van der Waals surface area contributed by atoms with E-state index in [-0.39, 0.29) is 12.2 Å². The third kappa shape index (κ3) is 4.84. The Bertz CT molecular complexity index is 2050. The topological polar surface area (TPSA) is 76.4 Å². The highest BCUT2D eigenvalue weighted by atomic mass is 32.2. The summed E-state index contributed by atoms with van der Waals surface area (Å²) in [6.45, 7) is 8.01. The number of carbonyl (C=O) groups is 1. The van der Waals surface area contributed by atoms with Gasteiger partial charge < -0.3 is 9.72 Å². The number of H-pyrrole nitrogens is 1. The van der Waals surface area contributed by atoms with Crippen molar-refractivity contribution >= 4 is 46.0 Å². The number of thiazole rings is 1. The van der Waals surface area contributed by atoms with Crippen molar-refractivity contribution in [3.05, 3.63) is 120 Å². The highest BCUT2D eigenvalue weighted by Crippen LogP contribution is 2.34. The van der Waals surface area contributed by atoms with Gasteiger partial charge in [0.15, 0.2) is 4.80 Å². The number of ether oxygens (including phenoxy) is 1. The molecule has 1 N–H and O–H groups in total. The molecule has 8 heteroatoms. The van der Waals surface area contributed by atoms with Crippen molar-refractivity contribution in [2.24, 2.45) is 4.99 Å². The zero-order chi connectivity index (χ0) is 29.5. The van der Waals surface area contributed by atoms with Crippen LogP contribution in [0.3, 0.4) is 0 Å². The van der Waals surface area contributed by atoms with Gasteiger partial charge in [0.2, 0.25) is 0 Å². The van der Waals surface area contributed by atoms with Crippen molar-refractivity contribution in [2.75, 3.05) is 12.9 Å². The normalized spacial score (nSPS) is 15.2. The number of hydrogen-bond acceptors (Lipinski definition) is 6. The fourth-order valence-electron chi connectivity index (χ4n) is 5.68. The molecule has 0 bridgehead atoms. The van der Waals surface area contributed by atoms with Crippen LogP contribution < -0.4 is 14.9 Å². The summed E-state index contributed by atoms with van der Waals surface area (Å²) in [5.41, 5.74) is 7.88. The maximum Gasteiger partial charge on any atom is 0.338 e. The molecule has 1 aliphatic heterocycles. The van der Waals surface area contributed by atoms with Gasteiger partial charge >= 0.3 is 5.97 Å². The molecular formula is C34H31N3O3S2. The van der Waals surface area contributed by atoms with Crippen LogP contribution in [0.25, 0.3) is 28.2 Å². The minimum absolute atomic E-state index is 0.190. The van der Waals surface area contributed by atoms with Gasteiger partial charge in [0, 0.05) is 21.4 Å². The molecule has 0 radical (unpaired) electrons. The van der Waals surface area contributed by atoms with Crippen LogP contribution in [0.2, 0.25) is 0 Å². The molecule has 0 unspecified atom stereocenters. The van der Waals surface area contributed by atoms with E-state index in [1.807, 2.05) is 61.7 Å². The predicted molar refractivity (Wildman–Crippen MR) is 172 cm³/mol. The average Bonchev–Trinajstić information content (AvgIpc) is 3.50. The Kier molecular flexibility index (Phi) is 7.51. The van der Waals surface area contributed by atoms with E-state index in [1.54, 1.807) is 23.3 Å². The SMILES string of the molecule is CCOC(=O)C1=C(C)N=c2s/c(=C/c3c(-c4ccccc4)[nH]c4c(C)cc(C)cc34)c(=O)n2[C@H]1c1ccc(SC)cc1. The Morgan fingerprint density at radius 3 is 2.52 bits per heavy atom. The first kappa shape index (κ1) is 28.0. The maximum atomic E-state index is 14.3. The number of esters is 1. The van der Waals surface area contributed by atoms with Gasteiger partial charge in [0.1, 0.15) is 0 Å². The summed E-state index contributed by atoms with van der Waals surface area (Å²) in [5, 5.41) is 1.06. The Morgan fingerprint density at radius 1 is 1.10 bits per heavy atom. The van der Waals surface area contributed by atoms with Gasteiger partial charge in [-0.15, -0.1) is 11.8 Å². The van der Waals surface area contributed by atoms with Crippen molar-refractivity contribution in [1.29, 1.82) is 0 Å². The smallest absolute Gasteiger partial charge is 0.338 e. The molecule has 3 heterocycles. The van der Waals surface area contributed by atoms with E-state index in [9.17, 15) is 9.59 Å². The summed E-state index contributed by atoms with van der Waals surface area (Å²) in [6.07, 6.45) is 3.99. The lowest BCUT2D eigenvalue weighted by molar-refractivity contribution is -0.139. The molecule has 5 aromatic rings. The van der Waals surface area contributed by atoms with Gasteiger partial charge in [-0.3, -0.25) is 9.36 Å². The molecule has 1 atom stereocenters. The summed E-state index contributed by atoms with van der Waals surface area (Å²) in [5.74, 6) is -0.457. The first-order valence-electron chi connectivity index (χ1n) is 13.8. The molecule has 0 aliphatic carbocycles. The Hall–Kier alpha value is -4.14. The molecule has 0 saturated carbocycles. The number of allylic oxidation sites excluding steroid dienone is 1. The van der Waals surface area contributed by atoms with Gasteiger partial charge in [-0.2, -0.15) is 0 Å². The average molecular weight is 594 g/mol. The standard InChI is InChI=1S/C34H31N3O3S2/c1-6-40-33(39)28-21(4)35-34-37(31(28)23-12-14-24(41-5)15-13-23)32(38)27(42-34)18-26-25-17-19(2)16-20(3)29(25)36-30(26)22-10-8-7-9-11-22/h7-18,31,36H,6H2,1-5H3/b27-18+/t31-/m0/s1. The van der Waals surface area contributed by atoms with Crippen LogP contribution in [0.4, 0.5) is 0 Å². The van der Waals surface area contributed by atoms with Crippen molar-refractivity contribution in [1.82, 2.24) is 9.55 Å². The molecule has 0 amide bonds. The molecule has 0 fully saturated rings. The summed E-state index contributed by atoms with van der Waals surface area (Å²) >= 11 is 2.98. The number of nitrogens with one attached hydrogen (secondary N) is 1. The van der Waals surface area contributed by atoms with Crippen molar-refractivity contribution in [3.63, 3.8) is 0 Å². The molecule has 42 heavy (non-hydrogen) atoms. The number of nitrogens with zero attached hydrogens (tertiary/aromatic N) is 2. The van der Waals surface area contributed by atoms with E-state index in [0.29, 0.717) is 20.6 Å². The first-order chi connectivity index (χ1) is 20.3. The van der Waals surface area contributed by atoms with E-state index in [0.717, 1.165) is 49.3 Å². The second-order valence-electron chi connectivity index (χ2n) is 10.4. The maximum absolute atomic E-state index is 14.3. The van der Waals surface area contributed by atoms with Crippen LogP contribution in [-0.2, 0) is 9.53 Å². The summed E-state index contributed by atoms with van der Waals surface area (Å²) in [7, 11) is 0. The second-order valence-corrected chi connectivity index (χ2v) is 12.2. The quantitative estimate of drug-likeness (QED) is 0.186. The fourth-order valence-corrected chi connectivity index (χ4v) is 7.12. The highest BCUT2D eigenvalue weighted by Gasteiger charge is 2.33. The Balaban J connectivity index is 1.62.